The predicted molar refractivity (Wildman–Crippen MR) is 184 cm³/mol. The summed E-state index contributed by atoms with van der Waals surface area (Å²) in [6.07, 6.45) is 1.96. The summed E-state index contributed by atoms with van der Waals surface area (Å²) in [6.45, 7) is 16.9. The van der Waals surface area contributed by atoms with E-state index in [2.05, 4.69) is 25.6 Å². The number of hydrogen-bond acceptors (Lipinski definition) is 10. The van der Waals surface area contributed by atoms with Gasteiger partial charge in [-0.25, -0.2) is 9.59 Å². The molecule has 254 valence electrons. The molecule has 1 aliphatic heterocycles. The summed E-state index contributed by atoms with van der Waals surface area (Å²) in [7, 11) is 0. The molecule has 3 aromatic heterocycles. The van der Waals surface area contributed by atoms with Gasteiger partial charge in [0, 0.05) is 47.9 Å². The number of rotatable bonds is 5. The van der Waals surface area contributed by atoms with Crippen LogP contribution < -0.4 is 10.2 Å². The predicted octanol–water partition coefficient (Wildman–Crippen LogP) is 7.06. The summed E-state index contributed by atoms with van der Waals surface area (Å²) in [6, 6.07) is 7.44. The Labute approximate surface area is 284 Å². The van der Waals surface area contributed by atoms with Crippen molar-refractivity contribution in [1.29, 1.82) is 0 Å². The average Bonchev–Trinajstić information content (AvgIpc) is 3.24. The molecular weight excluding hydrogens is 636 g/mol. The first-order chi connectivity index (χ1) is 22.4. The van der Waals surface area contributed by atoms with E-state index in [4.69, 9.17) is 21.1 Å². The van der Waals surface area contributed by atoms with Gasteiger partial charge in [-0.15, -0.1) is 10.2 Å². The van der Waals surface area contributed by atoms with Gasteiger partial charge >= 0.3 is 12.2 Å². The second-order valence-corrected chi connectivity index (χ2v) is 14.4. The Kier molecular flexibility index (Phi) is 9.37. The zero-order valence-corrected chi connectivity index (χ0v) is 29.5. The molecule has 0 radical (unpaired) electrons. The van der Waals surface area contributed by atoms with Crippen molar-refractivity contribution in [3.8, 4) is 11.1 Å². The molecule has 14 heteroatoms. The highest BCUT2D eigenvalue weighted by Gasteiger charge is 2.34. The zero-order chi connectivity index (χ0) is 35.1. The topological polar surface area (TPSA) is 145 Å². The maximum atomic E-state index is 13.3. The summed E-state index contributed by atoms with van der Waals surface area (Å²) in [4.78, 5) is 46.5. The Bertz CT molecular complexity index is 1860. The number of imide groups is 1. The summed E-state index contributed by atoms with van der Waals surface area (Å²) in [5, 5.41) is 17.5. The standard InChI is InChI=1S/C34H41ClN8O5/c1-19(2)41-11-10-23-15-28(40-42(23)18-29(41)44)37-27-14-22-12-21(13-25(35)30(22)39-38-27)24-16-36-17-26(20(24)3)43(31(45)47-33(4,5)6)32(46)48-34(7,8)9/h12-17,19H,10-11,18H2,1-9H3,(H,37,38,40). The minimum atomic E-state index is -0.889. The lowest BCUT2D eigenvalue weighted by Crippen LogP contribution is -2.44. The highest BCUT2D eigenvalue weighted by atomic mass is 35.5. The fourth-order valence-corrected chi connectivity index (χ4v) is 5.62. The Hall–Kier alpha value is -4.78. The quantitative estimate of drug-likeness (QED) is 0.233. The van der Waals surface area contributed by atoms with Crippen LogP contribution in [0.1, 0.15) is 66.6 Å². The van der Waals surface area contributed by atoms with E-state index in [1.54, 1.807) is 71.5 Å². The number of nitrogens with one attached hydrogen (secondary N) is 1. The monoisotopic (exact) mass is 676 g/mol. The molecule has 0 spiro atoms. The van der Waals surface area contributed by atoms with E-state index in [0.29, 0.717) is 57.2 Å². The van der Waals surface area contributed by atoms with Crippen LogP contribution in [0.5, 0.6) is 0 Å². The van der Waals surface area contributed by atoms with Gasteiger partial charge in [0.15, 0.2) is 11.6 Å². The van der Waals surface area contributed by atoms with Crippen LogP contribution in [0.15, 0.2) is 36.7 Å². The first-order valence-corrected chi connectivity index (χ1v) is 16.1. The molecular formula is C34H41ClN8O5. The maximum Gasteiger partial charge on any atom is 0.424 e. The van der Waals surface area contributed by atoms with Crippen LogP contribution in [-0.2, 0) is 27.2 Å². The fraction of sp³-hybridized carbons (Fsp3) is 0.441. The van der Waals surface area contributed by atoms with E-state index in [-0.39, 0.29) is 24.2 Å². The molecule has 1 N–H and O–H groups in total. The van der Waals surface area contributed by atoms with Crippen molar-refractivity contribution in [2.75, 3.05) is 16.8 Å². The number of halogens is 1. The zero-order valence-electron chi connectivity index (χ0n) is 28.7. The number of fused-ring (bicyclic) bond motifs is 2. The SMILES string of the molecule is Cc1c(-c2cc(Cl)c3nnc(Nc4cc5n(n4)CC(=O)N(C(C)C)CC5)cc3c2)cncc1N(C(=O)OC(C)(C)C)C(=O)OC(C)(C)C. The van der Waals surface area contributed by atoms with E-state index in [1.807, 2.05) is 30.9 Å². The number of anilines is 3. The van der Waals surface area contributed by atoms with Gasteiger partial charge in [0.1, 0.15) is 23.3 Å². The first kappa shape index (κ1) is 34.6. The first-order valence-electron chi connectivity index (χ1n) is 15.7. The third-order valence-electron chi connectivity index (χ3n) is 7.49. The molecule has 1 aromatic carbocycles. The highest BCUT2D eigenvalue weighted by molar-refractivity contribution is 6.35. The number of hydrogen-bond donors (Lipinski definition) is 1. The molecule has 48 heavy (non-hydrogen) atoms. The van der Waals surface area contributed by atoms with Crippen molar-refractivity contribution in [3.05, 3.63) is 52.9 Å². The van der Waals surface area contributed by atoms with Crippen LogP contribution >= 0.6 is 11.6 Å². The summed E-state index contributed by atoms with van der Waals surface area (Å²) >= 11 is 6.70. The van der Waals surface area contributed by atoms with E-state index in [9.17, 15) is 14.4 Å². The molecule has 1 aliphatic rings. The van der Waals surface area contributed by atoms with Crippen LogP contribution in [0, 0.1) is 6.92 Å². The molecule has 0 bridgehead atoms. The Morgan fingerprint density at radius 2 is 1.62 bits per heavy atom. The van der Waals surface area contributed by atoms with Crippen LogP contribution in [-0.4, -0.2) is 71.7 Å². The van der Waals surface area contributed by atoms with E-state index >= 15 is 0 Å². The number of pyridine rings is 1. The molecule has 13 nitrogen and oxygen atoms in total. The lowest BCUT2D eigenvalue weighted by Gasteiger charge is -2.29. The average molecular weight is 677 g/mol. The second-order valence-electron chi connectivity index (χ2n) is 14.0. The molecule has 0 aliphatic carbocycles. The smallest absolute Gasteiger partial charge is 0.424 e. The summed E-state index contributed by atoms with van der Waals surface area (Å²) in [5.74, 6) is 1.01. The van der Waals surface area contributed by atoms with Crippen LogP contribution in [0.25, 0.3) is 22.0 Å². The van der Waals surface area contributed by atoms with E-state index in [0.717, 1.165) is 10.6 Å². The number of carbonyl (C=O) groups excluding carboxylic acids is 3. The van der Waals surface area contributed by atoms with Gasteiger partial charge in [0.2, 0.25) is 5.91 Å². The number of ether oxygens (including phenoxy) is 2. The van der Waals surface area contributed by atoms with Crippen molar-refractivity contribution in [3.63, 3.8) is 0 Å². The lowest BCUT2D eigenvalue weighted by atomic mass is 10.00. The van der Waals surface area contributed by atoms with Crippen molar-refractivity contribution in [2.24, 2.45) is 0 Å². The van der Waals surface area contributed by atoms with Crippen LogP contribution in [0.3, 0.4) is 0 Å². The molecule has 0 unspecified atom stereocenters. The van der Waals surface area contributed by atoms with Crippen molar-refractivity contribution >= 4 is 57.9 Å². The normalized spacial score (nSPS) is 13.7. The van der Waals surface area contributed by atoms with Gasteiger partial charge in [0.25, 0.3) is 0 Å². The number of benzene rings is 1. The maximum absolute atomic E-state index is 13.3. The van der Waals surface area contributed by atoms with Gasteiger partial charge < -0.3 is 19.7 Å². The molecule has 4 aromatic rings. The van der Waals surface area contributed by atoms with Gasteiger partial charge in [-0.1, -0.05) is 11.6 Å². The Morgan fingerprint density at radius 1 is 0.958 bits per heavy atom. The lowest BCUT2D eigenvalue weighted by molar-refractivity contribution is -0.133. The van der Waals surface area contributed by atoms with Crippen molar-refractivity contribution in [1.82, 2.24) is 29.9 Å². The fourth-order valence-electron chi connectivity index (χ4n) is 5.36. The minimum absolute atomic E-state index is 0.0280. The van der Waals surface area contributed by atoms with Gasteiger partial charge in [0.05, 0.1) is 16.9 Å². The highest BCUT2D eigenvalue weighted by Crippen LogP contribution is 2.36. The molecule has 5 rings (SSSR count). The molecule has 0 saturated heterocycles. The number of nitrogens with zero attached hydrogens (tertiary/aromatic N) is 7. The van der Waals surface area contributed by atoms with Crippen molar-refractivity contribution < 1.29 is 23.9 Å². The van der Waals surface area contributed by atoms with E-state index < -0.39 is 23.4 Å². The summed E-state index contributed by atoms with van der Waals surface area (Å²) < 4.78 is 12.9. The van der Waals surface area contributed by atoms with Crippen LogP contribution in [0.4, 0.5) is 26.9 Å². The molecule has 0 saturated carbocycles. The van der Waals surface area contributed by atoms with Crippen molar-refractivity contribution in [2.45, 2.75) is 92.5 Å². The number of aromatic nitrogens is 5. The number of amides is 3. The number of carbonyl (C=O) groups is 3. The minimum Gasteiger partial charge on any atom is -0.443 e. The second kappa shape index (κ2) is 13.0. The van der Waals surface area contributed by atoms with Gasteiger partial charge in [-0.05, 0) is 91.6 Å². The van der Waals surface area contributed by atoms with Gasteiger partial charge in [-0.3, -0.25) is 14.5 Å². The molecule has 0 atom stereocenters. The third kappa shape index (κ3) is 7.67. The summed E-state index contributed by atoms with van der Waals surface area (Å²) in [5.41, 5.74) is 1.78. The Balaban J connectivity index is 1.48. The van der Waals surface area contributed by atoms with Crippen LogP contribution in [0.2, 0.25) is 5.02 Å². The Morgan fingerprint density at radius 3 is 2.25 bits per heavy atom. The largest absolute Gasteiger partial charge is 0.443 e. The van der Waals surface area contributed by atoms with E-state index in [1.165, 1.54) is 6.20 Å². The van der Waals surface area contributed by atoms with Gasteiger partial charge in [-0.2, -0.15) is 10.00 Å². The molecule has 3 amide bonds. The molecule has 4 heterocycles. The third-order valence-corrected chi connectivity index (χ3v) is 7.78. The molecule has 0 fully saturated rings.